The molecule has 160 valence electrons. The number of carbonyl (C=O) groups is 2. The highest BCUT2D eigenvalue weighted by atomic mass is 16.2. The van der Waals surface area contributed by atoms with Crippen LogP contribution in [0.3, 0.4) is 0 Å². The Kier molecular flexibility index (Phi) is 4.98. The molecule has 0 aliphatic carbocycles. The fraction of sp³-hybridized carbons (Fsp3) is 0.174. The summed E-state index contributed by atoms with van der Waals surface area (Å²) in [6.07, 6.45) is 4.02. The van der Waals surface area contributed by atoms with Gasteiger partial charge in [-0.2, -0.15) is 5.10 Å². The maximum Gasteiger partial charge on any atom is 0.261 e. The van der Waals surface area contributed by atoms with Crippen LogP contribution in [0.1, 0.15) is 18.4 Å². The number of aromatic nitrogens is 4. The van der Waals surface area contributed by atoms with Gasteiger partial charge in [-0.15, -0.1) is 0 Å². The zero-order chi connectivity index (χ0) is 22.1. The fourth-order valence-corrected chi connectivity index (χ4v) is 3.96. The number of nitrogens with zero attached hydrogens (tertiary/aromatic N) is 3. The molecule has 0 bridgehead atoms. The largest absolute Gasteiger partial charge is 0.326 e. The Hall–Kier alpha value is -4.27. The van der Waals surface area contributed by atoms with Gasteiger partial charge in [0.1, 0.15) is 5.39 Å². The Morgan fingerprint density at radius 2 is 1.94 bits per heavy atom. The Bertz CT molecular complexity index is 1390. The standard InChI is InChI=1S/C23H20N6O3/c30-20(10-9-15-11-14-5-1-2-6-17(14)28-22(15)31)27-18-7-3-4-8-19(18)29-21-16(12-26-29)23(32)25-13-24-21/h1-8,12-13,15H,9-11H2,(H,27,30)(H,28,31)(H,24,25,32). The molecule has 5 rings (SSSR count). The molecule has 0 fully saturated rings. The number of amides is 2. The molecule has 3 heterocycles. The lowest BCUT2D eigenvalue weighted by molar-refractivity contribution is -0.121. The number of fused-ring (bicyclic) bond motifs is 2. The number of hydrogen-bond donors (Lipinski definition) is 3. The van der Waals surface area contributed by atoms with Crippen LogP contribution in [0.15, 0.2) is 65.8 Å². The number of nitrogens with one attached hydrogen (secondary N) is 3. The van der Waals surface area contributed by atoms with E-state index in [1.165, 1.54) is 17.2 Å². The third kappa shape index (κ3) is 3.64. The van der Waals surface area contributed by atoms with Crippen molar-refractivity contribution >= 4 is 34.2 Å². The molecule has 1 aliphatic rings. The molecule has 3 N–H and O–H groups in total. The lowest BCUT2D eigenvalue weighted by Gasteiger charge is -2.24. The predicted molar refractivity (Wildman–Crippen MR) is 120 cm³/mol. The zero-order valence-electron chi connectivity index (χ0n) is 17.0. The van der Waals surface area contributed by atoms with Gasteiger partial charge in [-0.05, 0) is 36.6 Å². The highest BCUT2D eigenvalue weighted by Crippen LogP contribution is 2.28. The van der Waals surface area contributed by atoms with Crippen molar-refractivity contribution in [1.29, 1.82) is 0 Å². The average molecular weight is 428 g/mol. The molecule has 2 aromatic heterocycles. The van der Waals surface area contributed by atoms with Crippen LogP contribution in [0.4, 0.5) is 11.4 Å². The van der Waals surface area contributed by atoms with Gasteiger partial charge in [-0.25, -0.2) is 9.67 Å². The van der Waals surface area contributed by atoms with Crippen molar-refractivity contribution in [3.05, 3.63) is 77.0 Å². The number of para-hydroxylation sites is 3. The van der Waals surface area contributed by atoms with Gasteiger partial charge in [0.05, 0.1) is 23.9 Å². The summed E-state index contributed by atoms with van der Waals surface area (Å²) in [5.41, 5.74) is 3.17. The van der Waals surface area contributed by atoms with Crippen molar-refractivity contribution < 1.29 is 9.59 Å². The van der Waals surface area contributed by atoms with E-state index in [0.29, 0.717) is 35.2 Å². The van der Waals surface area contributed by atoms with Crippen LogP contribution in [0.5, 0.6) is 0 Å². The van der Waals surface area contributed by atoms with Gasteiger partial charge in [-0.3, -0.25) is 14.4 Å². The van der Waals surface area contributed by atoms with E-state index >= 15 is 0 Å². The van der Waals surface area contributed by atoms with Gasteiger partial charge < -0.3 is 15.6 Å². The van der Waals surface area contributed by atoms with Crippen LogP contribution in [-0.2, 0) is 16.0 Å². The first-order valence-electron chi connectivity index (χ1n) is 10.3. The maximum atomic E-state index is 12.7. The molecule has 4 aromatic rings. The first-order valence-corrected chi connectivity index (χ1v) is 10.3. The quantitative estimate of drug-likeness (QED) is 0.451. The molecule has 2 aromatic carbocycles. The molecule has 0 radical (unpaired) electrons. The van der Waals surface area contributed by atoms with E-state index in [9.17, 15) is 14.4 Å². The average Bonchev–Trinajstić information content (AvgIpc) is 3.23. The van der Waals surface area contributed by atoms with Crippen molar-refractivity contribution in [3.8, 4) is 5.69 Å². The molecule has 9 heteroatoms. The van der Waals surface area contributed by atoms with Gasteiger partial charge in [0.25, 0.3) is 5.56 Å². The van der Waals surface area contributed by atoms with Crippen molar-refractivity contribution in [1.82, 2.24) is 19.7 Å². The Morgan fingerprint density at radius 1 is 1.12 bits per heavy atom. The molecule has 1 aliphatic heterocycles. The second-order valence-corrected chi connectivity index (χ2v) is 7.68. The van der Waals surface area contributed by atoms with Crippen LogP contribution < -0.4 is 16.2 Å². The molecule has 0 saturated heterocycles. The number of hydrogen-bond acceptors (Lipinski definition) is 5. The maximum absolute atomic E-state index is 12.7. The second-order valence-electron chi connectivity index (χ2n) is 7.68. The monoisotopic (exact) mass is 428 g/mol. The van der Waals surface area contributed by atoms with E-state index in [0.717, 1.165) is 11.3 Å². The summed E-state index contributed by atoms with van der Waals surface area (Å²) in [5.74, 6) is -0.514. The number of rotatable bonds is 5. The topological polar surface area (TPSA) is 122 Å². The van der Waals surface area contributed by atoms with Gasteiger partial charge in [-0.1, -0.05) is 30.3 Å². The molecule has 1 unspecified atom stereocenters. The van der Waals surface area contributed by atoms with E-state index in [-0.39, 0.29) is 29.7 Å². The summed E-state index contributed by atoms with van der Waals surface area (Å²) in [5, 5.41) is 10.5. The Balaban J connectivity index is 1.31. The third-order valence-electron chi connectivity index (χ3n) is 5.61. The van der Waals surface area contributed by atoms with Gasteiger partial charge >= 0.3 is 0 Å². The fourth-order valence-electron chi connectivity index (χ4n) is 3.96. The molecular formula is C23H20N6O3. The first-order chi connectivity index (χ1) is 15.6. The van der Waals surface area contributed by atoms with Crippen LogP contribution in [0, 0.1) is 5.92 Å². The van der Waals surface area contributed by atoms with E-state index in [1.807, 2.05) is 30.3 Å². The lowest BCUT2D eigenvalue weighted by Crippen LogP contribution is -2.30. The number of benzene rings is 2. The smallest absolute Gasteiger partial charge is 0.261 e. The molecule has 1 atom stereocenters. The van der Waals surface area contributed by atoms with Crippen molar-refractivity contribution in [2.75, 3.05) is 10.6 Å². The summed E-state index contributed by atoms with van der Waals surface area (Å²) in [6.45, 7) is 0. The Labute approximate surface area is 182 Å². The normalized spacial score (nSPS) is 15.2. The zero-order valence-corrected chi connectivity index (χ0v) is 17.0. The van der Waals surface area contributed by atoms with Crippen molar-refractivity contribution in [2.45, 2.75) is 19.3 Å². The third-order valence-corrected chi connectivity index (χ3v) is 5.61. The number of anilines is 2. The van der Waals surface area contributed by atoms with Crippen LogP contribution in [0.2, 0.25) is 0 Å². The summed E-state index contributed by atoms with van der Waals surface area (Å²) in [4.78, 5) is 43.8. The van der Waals surface area contributed by atoms with Crippen LogP contribution in [-0.4, -0.2) is 31.6 Å². The van der Waals surface area contributed by atoms with Crippen LogP contribution >= 0.6 is 0 Å². The summed E-state index contributed by atoms with van der Waals surface area (Å²) >= 11 is 0. The molecule has 2 amide bonds. The molecule has 0 saturated carbocycles. The summed E-state index contributed by atoms with van der Waals surface area (Å²) in [7, 11) is 0. The van der Waals surface area contributed by atoms with Crippen molar-refractivity contribution in [3.63, 3.8) is 0 Å². The van der Waals surface area contributed by atoms with Crippen molar-refractivity contribution in [2.24, 2.45) is 5.92 Å². The number of carbonyl (C=O) groups excluding carboxylic acids is 2. The highest BCUT2D eigenvalue weighted by molar-refractivity contribution is 5.97. The van der Waals surface area contributed by atoms with Crippen LogP contribution in [0.25, 0.3) is 16.7 Å². The number of aromatic amines is 1. The van der Waals surface area contributed by atoms with E-state index in [2.05, 4.69) is 25.7 Å². The molecular weight excluding hydrogens is 408 g/mol. The minimum atomic E-state index is -0.282. The predicted octanol–water partition coefficient (Wildman–Crippen LogP) is 2.64. The molecule has 0 spiro atoms. The molecule has 9 nitrogen and oxygen atoms in total. The Morgan fingerprint density at radius 3 is 2.84 bits per heavy atom. The lowest BCUT2D eigenvalue weighted by atomic mass is 9.89. The SMILES string of the molecule is O=C(CCC1Cc2ccccc2NC1=O)Nc1ccccc1-n1ncc2c(=O)[nH]cnc21. The van der Waals surface area contributed by atoms with Gasteiger partial charge in [0.15, 0.2) is 5.65 Å². The van der Waals surface area contributed by atoms with E-state index in [1.54, 1.807) is 18.2 Å². The minimum Gasteiger partial charge on any atom is -0.326 e. The minimum absolute atomic E-state index is 0.0591. The first kappa shape index (κ1) is 19.7. The van der Waals surface area contributed by atoms with Gasteiger partial charge in [0, 0.05) is 18.0 Å². The van der Waals surface area contributed by atoms with E-state index in [4.69, 9.17) is 0 Å². The van der Waals surface area contributed by atoms with Gasteiger partial charge in [0.2, 0.25) is 11.8 Å². The second kappa shape index (κ2) is 8.10. The molecule has 32 heavy (non-hydrogen) atoms. The van der Waals surface area contributed by atoms with E-state index < -0.39 is 0 Å². The summed E-state index contributed by atoms with van der Waals surface area (Å²) < 4.78 is 1.52. The highest BCUT2D eigenvalue weighted by Gasteiger charge is 2.26. The number of H-pyrrole nitrogens is 1. The summed E-state index contributed by atoms with van der Waals surface area (Å²) in [6, 6.07) is 14.9.